The van der Waals surface area contributed by atoms with Gasteiger partial charge in [-0.3, -0.25) is 9.59 Å². The largest absolute Gasteiger partial charge is 0.393 e. The molecule has 2 saturated carbocycles. The molecule has 2 N–H and O–H groups in total. The number of sulfonamides is 1. The Morgan fingerprint density at radius 1 is 0.690 bits per heavy atom. The van der Waals surface area contributed by atoms with Crippen molar-refractivity contribution >= 4 is 27.4 Å². The Balaban J connectivity index is 0.000000412. The molecule has 58 heavy (non-hydrogen) atoms. The van der Waals surface area contributed by atoms with Crippen molar-refractivity contribution in [2.24, 2.45) is 28.3 Å². The first kappa shape index (κ1) is 52.2. The number of rotatable bonds is 10. The topological polar surface area (TPSA) is 114 Å². The summed E-state index contributed by atoms with van der Waals surface area (Å²) in [6.45, 7) is 22.7. The molecule has 8 nitrogen and oxygen atoms in total. The molecular formula is C49H77N3O5S. The number of nitrogens with one attached hydrogen (secondary N) is 2. The fourth-order valence-electron chi connectivity index (χ4n) is 6.12. The number of Topliss-reactive ketones (excluding diaryl/α,β-unsaturated/α-hetero) is 1. The molecule has 0 saturated heterocycles. The molecule has 3 aromatic carbocycles. The predicted molar refractivity (Wildman–Crippen MR) is 246 cm³/mol. The second kappa shape index (κ2) is 24.3. The van der Waals surface area contributed by atoms with Crippen LogP contribution in [0.2, 0.25) is 0 Å². The fraction of sp³-hybridized carbons (Fsp3) is 0.571. The smallest absolute Gasteiger partial charge is 0.251 e. The van der Waals surface area contributed by atoms with Crippen molar-refractivity contribution in [3.63, 3.8) is 0 Å². The Morgan fingerprint density at radius 2 is 1.14 bits per heavy atom. The van der Waals surface area contributed by atoms with Crippen LogP contribution in [0, 0.1) is 23.2 Å². The molecule has 0 heterocycles. The van der Waals surface area contributed by atoms with Crippen LogP contribution in [-0.2, 0) is 19.7 Å². The van der Waals surface area contributed by atoms with Crippen LogP contribution in [-0.4, -0.2) is 49.3 Å². The highest BCUT2D eigenvalue weighted by atomic mass is 32.2. The zero-order valence-electron chi connectivity index (χ0n) is 35.9. The summed E-state index contributed by atoms with van der Waals surface area (Å²) in [5, 5.41) is 7.23. The van der Waals surface area contributed by atoms with Crippen molar-refractivity contribution in [3.05, 3.63) is 95.6 Å². The Labute approximate surface area is 353 Å². The van der Waals surface area contributed by atoms with E-state index in [1.54, 1.807) is 12.1 Å². The van der Waals surface area contributed by atoms with Crippen LogP contribution in [0.15, 0.2) is 84.0 Å². The van der Waals surface area contributed by atoms with E-state index in [0.29, 0.717) is 16.9 Å². The third-order valence-corrected chi connectivity index (χ3v) is 12.6. The van der Waals surface area contributed by atoms with Crippen molar-refractivity contribution in [1.82, 2.24) is 10.0 Å². The standard InChI is InChI=1S/C18H25NO2.C16H15NO.C7H16.C6H13NO2S.2CH4/c1-13(2)17(20)16(14-9-5-3-6-10-14)19-18(21)15-11-7-4-8-12-15;1-11(2)18-17-16-14-9-5-3-7-12(14)13-8-4-6-10-15(13)16;1-6(2)7(3,4)5;1-5(2)7-10(8,9)6-3-4-6;;/h4,7-8,11-14,16H,3,5-6,9-10H2,1-2H3,(H,19,21);3-11H,1-2H3;6H,1-5H3;5-7H,3-4H2,1-2H3;2*1H4/t16-;;;;;/m0...../s1. The fourth-order valence-corrected chi connectivity index (χ4v) is 7.72. The summed E-state index contributed by atoms with van der Waals surface area (Å²) in [5.74, 6) is 1.06. The van der Waals surface area contributed by atoms with Crippen LogP contribution in [0.3, 0.4) is 0 Å². The molecule has 3 aliphatic rings. The van der Waals surface area contributed by atoms with E-state index in [0.717, 1.165) is 61.3 Å². The number of nitrogens with zero attached hydrogens (tertiary/aromatic N) is 1. The van der Waals surface area contributed by atoms with Gasteiger partial charge in [0, 0.05) is 28.7 Å². The summed E-state index contributed by atoms with van der Waals surface area (Å²) in [6.07, 6.45) is 7.41. The lowest BCUT2D eigenvalue weighted by molar-refractivity contribution is -0.125. The highest BCUT2D eigenvalue weighted by Gasteiger charge is 2.36. The van der Waals surface area contributed by atoms with Gasteiger partial charge in [-0.15, -0.1) is 0 Å². The van der Waals surface area contributed by atoms with Crippen LogP contribution in [0.1, 0.15) is 157 Å². The van der Waals surface area contributed by atoms with Gasteiger partial charge in [0.1, 0.15) is 11.8 Å². The van der Waals surface area contributed by atoms with Crippen LogP contribution >= 0.6 is 0 Å². The van der Waals surface area contributed by atoms with Crippen molar-refractivity contribution in [2.45, 2.75) is 159 Å². The zero-order valence-corrected chi connectivity index (χ0v) is 36.7. The third kappa shape index (κ3) is 16.4. The van der Waals surface area contributed by atoms with Gasteiger partial charge in [-0.2, -0.15) is 0 Å². The lowest BCUT2D eigenvalue weighted by Gasteiger charge is -2.31. The van der Waals surface area contributed by atoms with Crippen LogP contribution in [0.25, 0.3) is 11.1 Å². The van der Waals surface area contributed by atoms with Gasteiger partial charge in [0.15, 0.2) is 5.78 Å². The number of benzene rings is 3. The minimum absolute atomic E-state index is 0. The van der Waals surface area contributed by atoms with Crippen LogP contribution in [0.5, 0.6) is 0 Å². The van der Waals surface area contributed by atoms with Gasteiger partial charge in [-0.25, -0.2) is 13.1 Å². The first-order chi connectivity index (χ1) is 26.3. The number of fused-ring (bicyclic) bond motifs is 3. The van der Waals surface area contributed by atoms with Crippen molar-refractivity contribution in [2.75, 3.05) is 0 Å². The average molecular weight is 820 g/mol. The van der Waals surface area contributed by atoms with Gasteiger partial charge in [0.2, 0.25) is 10.0 Å². The number of hydrogen-bond donors (Lipinski definition) is 2. The molecule has 3 aliphatic carbocycles. The van der Waals surface area contributed by atoms with E-state index < -0.39 is 10.0 Å². The number of carbonyl (C=O) groups excluding carboxylic acids is 2. The van der Waals surface area contributed by atoms with E-state index in [1.807, 2.05) is 71.9 Å². The number of ketones is 1. The Kier molecular flexibility index (Phi) is 21.9. The SMILES string of the molecule is C.C.CC(C)C(=O)[C@@H](NC(=O)c1ccccc1)C1CCCCC1.CC(C)C(C)(C)C.CC(C)NS(=O)(=O)C1CC1.CC(C)ON=C1c2ccccc2-c2ccccc21. The summed E-state index contributed by atoms with van der Waals surface area (Å²) in [5.41, 5.74) is 6.84. The second-order valence-electron chi connectivity index (χ2n) is 17.5. The molecule has 3 aromatic rings. The summed E-state index contributed by atoms with van der Waals surface area (Å²) < 4.78 is 24.7. The van der Waals surface area contributed by atoms with E-state index in [-0.39, 0.29) is 55.9 Å². The molecule has 0 aromatic heterocycles. The molecule has 1 amide bonds. The van der Waals surface area contributed by atoms with Gasteiger partial charge in [0.25, 0.3) is 5.91 Å². The minimum atomic E-state index is -2.94. The number of amides is 1. The first-order valence-electron chi connectivity index (χ1n) is 20.7. The monoisotopic (exact) mass is 820 g/mol. The number of hydrogen-bond acceptors (Lipinski definition) is 6. The van der Waals surface area contributed by atoms with Crippen molar-refractivity contribution in [3.8, 4) is 11.1 Å². The lowest BCUT2D eigenvalue weighted by atomic mass is 9.80. The van der Waals surface area contributed by atoms with E-state index in [4.69, 9.17) is 4.84 Å². The molecule has 324 valence electrons. The van der Waals surface area contributed by atoms with Gasteiger partial charge in [-0.05, 0) is 93.9 Å². The maximum atomic E-state index is 12.5. The van der Waals surface area contributed by atoms with Crippen LogP contribution in [0.4, 0.5) is 0 Å². The second-order valence-corrected chi connectivity index (χ2v) is 19.5. The van der Waals surface area contributed by atoms with Gasteiger partial charge < -0.3 is 10.2 Å². The lowest BCUT2D eigenvalue weighted by Crippen LogP contribution is -2.48. The highest BCUT2D eigenvalue weighted by molar-refractivity contribution is 7.90. The average Bonchev–Trinajstić information content (AvgIpc) is 3.97. The summed E-state index contributed by atoms with van der Waals surface area (Å²) in [6, 6.07) is 25.5. The predicted octanol–water partition coefficient (Wildman–Crippen LogP) is 11.9. The van der Waals surface area contributed by atoms with E-state index in [1.165, 1.54) is 17.5 Å². The van der Waals surface area contributed by atoms with E-state index in [9.17, 15) is 18.0 Å². The Bertz CT molecular complexity index is 1770. The molecule has 0 unspecified atom stereocenters. The molecule has 2 fully saturated rings. The summed E-state index contributed by atoms with van der Waals surface area (Å²) in [4.78, 5) is 30.3. The highest BCUT2D eigenvalue weighted by Crippen LogP contribution is 2.36. The van der Waals surface area contributed by atoms with Gasteiger partial charge in [0.05, 0.1) is 11.3 Å². The van der Waals surface area contributed by atoms with E-state index >= 15 is 0 Å². The summed E-state index contributed by atoms with van der Waals surface area (Å²) in [7, 11) is -2.94. The molecule has 6 rings (SSSR count). The molecule has 0 bridgehead atoms. The van der Waals surface area contributed by atoms with E-state index in [2.05, 4.69) is 86.2 Å². The normalized spacial score (nSPS) is 15.1. The third-order valence-electron chi connectivity index (χ3n) is 10.4. The van der Waals surface area contributed by atoms with Crippen LogP contribution < -0.4 is 10.0 Å². The van der Waals surface area contributed by atoms with Crippen molar-refractivity contribution < 1.29 is 22.8 Å². The van der Waals surface area contributed by atoms with Gasteiger partial charge in [-0.1, -0.05) is 154 Å². The molecule has 0 aliphatic heterocycles. The maximum Gasteiger partial charge on any atom is 0.251 e. The van der Waals surface area contributed by atoms with Crippen molar-refractivity contribution in [1.29, 1.82) is 0 Å². The maximum absolute atomic E-state index is 12.5. The molecule has 0 radical (unpaired) electrons. The molecule has 9 heteroatoms. The molecule has 1 atom stereocenters. The minimum Gasteiger partial charge on any atom is -0.393 e. The quantitative estimate of drug-likeness (QED) is 0.155. The number of oxime groups is 1. The molecule has 0 spiro atoms. The zero-order chi connectivity index (χ0) is 41.6. The van der Waals surface area contributed by atoms with Gasteiger partial charge >= 0.3 is 0 Å². The Morgan fingerprint density at radius 3 is 1.53 bits per heavy atom. The summed E-state index contributed by atoms with van der Waals surface area (Å²) >= 11 is 0. The Hall–Kier alpha value is -3.82. The first-order valence-corrected chi connectivity index (χ1v) is 22.2. The number of carbonyl (C=O) groups is 2. The molecular weight excluding hydrogens is 743 g/mol.